The Kier molecular flexibility index (Phi) is 10.8. The first kappa shape index (κ1) is 36.4. The lowest BCUT2D eigenvalue weighted by Gasteiger charge is -2.38. The largest absolute Gasteiger partial charge is 0.473 e. The van der Waals surface area contributed by atoms with Crippen LogP contribution in [-0.2, 0) is 22.9 Å². The maximum absolute atomic E-state index is 14.4. The summed E-state index contributed by atoms with van der Waals surface area (Å²) in [6, 6.07) is 17.7. The lowest BCUT2D eigenvalue weighted by atomic mass is 9.91. The summed E-state index contributed by atoms with van der Waals surface area (Å²) in [4.78, 5) is 25.5. The van der Waals surface area contributed by atoms with Crippen molar-refractivity contribution in [1.82, 2.24) is 24.8 Å². The molecule has 0 bridgehead atoms. The van der Waals surface area contributed by atoms with Gasteiger partial charge in [0.15, 0.2) is 0 Å². The second-order valence-corrected chi connectivity index (χ2v) is 17.1. The highest BCUT2D eigenvalue weighted by molar-refractivity contribution is 7.93. The van der Waals surface area contributed by atoms with E-state index in [4.69, 9.17) is 20.0 Å². The highest BCUT2D eigenvalue weighted by Gasteiger charge is 2.38. The lowest BCUT2D eigenvalue weighted by molar-refractivity contribution is 0.0899. The van der Waals surface area contributed by atoms with Gasteiger partial charge < -0.3 is 19.7 Å². The Morgan fingerprint density at radius 2 is 1.92 bits per heavy atom. The SMILES string of the molecule is CN=S(C)(=O)C1CC(n2c(CN3CCC(c4cccc(OCc5ccc(C#N)cc5F)n4)CC3)nc3ccc(C(=O)NC(C)(C)CCO)cc32)C1. The van der Waals surface area contributed by atoms with Gasteiger partial charge in [0, 0.05) is 75.3 Å². The molecule has 2 aromatic heterocycles. The molecular formula is C38H46FN7O4S. The van der Waals surface area contributed by atoms with Crippen LogP contribution in [0, 0.1) is 17.1 Å². The fourth-order valence-corrected chi connectivity index (χ4v) is 8.45. The Morgan fingerprint density at radius 1 is 1.16 bits per heavy atom. The van der Waals surface area contributed by atoms with Crippen LogP contribution in [0.3, 0.4) is 0 Å². The van der Waals surface area contributed by atoms with Crippen molar-refractivity contribution in [2.24, 2.45) is 4.36 Å². The summed E-state index contributed by atoms with van der Waals surface area (Å²) < 4.78 is 39.7. The molecule has 1 amide bonds. The van der Waals surface area contributed by atoms with Crippen LogP contribution in [0.25, 0.3) is 11.0 Å². The molecule has 11 nitrogen and oxygen atoms in total. The number of aliphatic hydroxyl groups is 1. The third-order valence-electron chi connectivity index (χ3n) is 10.3. The average molecular weight is 716 g/mol. The van der Waals surface area contributed by atoms with Crippen LogP contribution in [-0.4, -0.2) is 78.4 Å². The molecule has 1 unspecified atom stereocenters. The predicted molar refractivity (Wildman–Crippen MR) is 194 cm³/mol. The van der Waals surface area contributed by atoms with E-state index in [0.29, 0.717) is 30.0 Å². The molecule has 1 atom stereocenters. The van der Waals surface area contributed by atoms with E-state index in [9.17, 15) is 18.5 Å². The quantitative estimate of drug-likeness (QED) is 0.189. The first-order valence-electron chi connectivity index (χ1n) is 17.4. The average Bonchev–Trinajstić information content (AvgIpc) is 3.43. The number of imidazole rings is 1. The summed E-state index contributed by atoms with van der Waals surface area (Å²) in [6.07, 6.45) is 5.43. The molecular weight excluding hydrogens is 670 g/mol. The molecule has 2 aromatic carbocycles. The van der Waals surface area contributed by atoms with Crippen molar-refractivity contribution in [2.75, 3.05) is 33.0 Å². The minimum Gasteiger partial charge on any atom is -0.473 e. The van der Waals surface area contributed by atoms with Crippen LogP contribution >= 0.6 is 0 Å². The first-order chi connectivity index (χ1) is 24.4. The number of likely N-dealkylation sites (tertiary alicyclic amines) is 1. The van der Waals surface area contributed by atoms with Gasteiger partial charge in [-0.25, -0.2) is 22.9 Å². The maximum atomic E-state index is 14.4. The van der Waals surface area contributed by atoms with Crippen molar-refractivity contribution < 1.29 is 23.2 Å². The zero-order chi connectivity index (χ0) is 36.3. The number of rotatable bonds is 12. The second-order valence-electron chi connectivity index (χ2n) is 14.4. The summed E-state index contributed by atoms with van der Waals surface area (Å²) in [7, 11) is -0.657. The number of nitrogens with one attached hydrogen (secondary N) is 1. The van der Waals surface area contributed by atoms with Crippen molar-refractivity contribution >= 4 is 26.7 Å². The lowest BCUT2D eigenvalue weighted by Crippen LogP contribution is -2.44. The van der Waals surface area contributed by atoms with Crippen molar-refractivity contribution in [3.63, 3.8) is 0 Å². The van der Waals surface area contributed by atoms with E-state index in [1.165, 1.54) is 6.07 Å². The number of ether oxygens (including phenoxy) is 1. The van der Waals surface area contributed by atoms with Gasteiger partial charge in [-0.3, -0.25) is 9.69 Å². The van der Waals surface area contributed by atoms with Gasteiger partial charge in [0.05, 0.1) is 29.2 Å². The zero-order valence-corrected chi connectivity index (χ0v) is 30.5. The number of piperidine rings is 1. The molecule has 2 aliphatic rings. The molecule has 1 aliphatic heterocycles. The number of benzene rings is 2. The molecule has 1 saturated heterocycles. The number of carbonyl (C=O) groups is 1. The normalized spacial score (nSPS) is 19.5. The monoisotopic (exact) mass is 715 g/mol. The van der Waals surface area contributed by atoms with Crippen molar-refractivity contribution in [2.45, 2.75) is 81.9 Å². The number of nitriles is 1. The number of hydrogen-bond donors (Lipinski definition) is 2. The molecule has 2 N–H and O–H groups in total. The van der Waals surface area contributed by atoms with Gasteiger partial charge >= 0.3 is 0 Å². The summed E-state index contributed by atoms with van der Waals surface area (Å²) in [5.41, 5.74) is 3.24. The molecule has 0 radical (unpaired) electrons. The molecule has 1 saturated carbocycles. The number of fused-ring (bicyclic) bond motifs is 1. The smallest absolute Gasteiger partial charge is 0.251 e. The molecule has 6 rings (SSSR count). The predicted octanol–water partition coefficient (Wildman–Crippen LogP) is 5.72. The summed E-state index contributed by atoms with van der Waals surface area (Å²) in [5, 5.41) is 21.5. The molecule has 51 heavy (non-hydrogen) atoms. The highest BCUT2D eigenvalue weighted by Crippen LogP contribution is 2.41. The number of aromatic nitrogens is 3. The minimum atomic E-state index is -2.28. The van der Waals surface area contributed by atoms with Crippen LogP contribution in [0.15, 0.2) is 59.0 Å². The zero-order valence-electron chi connectivity index (χ0n) is 29.6. The van der Waals surface area contributed by atoms with Crippen molar-refractivity contribution in [3.8, 4) is 11.9 Å². The van der Waals surface area contributed by atoms with Gasteiger partial charge in [0.1, 0.15) is 18.2 Å². The van der Waals surface area contributed by atoms with Crippen molar-refractivity contribution in [1.29, 1.82) is 5.26 Å². The maximum Gasteiger partial charge on any atom is 0.251 e. The molecule has 270 valence electrons. The Morgan fingerprint density at radius 3 is 2.61 bits per heavy atom. The highest BCUT2D eigenvalue weighted by atomic mass is 32.2. The Balaban J connectivity index is 1.16. The van der Waals surface area contributed by atoms with Gasteiger partial charge in [-0.2, -0.15) is 5.26 Å². The molecule has 4 aromatic rings. The van der Waals surface area contributed by atoms with Gasteiger partial charge in [-0.15, -0.1) is 0 Å². The number of hydrogen-bond acceptors (Lipinski definition) is 9. The van der Waals surface area contributed by atoms with E-state index in [0.717, 1.165) is 61.3 Å². The third-order valence-corrected chi connectivity index (χ3v) is 12.7. The Hall–Kier alpha value is -4.38. The molecule has 0 spiro atoms. The molecule has 1 aliphatic carbocycles. The fourth-order valence-electron chi connectivity index (χ4n) is 6.99. The van der Waals surface area contributed by atoms with Gasteiger partial charge in [0.25, 0.3) is 5.91 Å². The first-order valence-corrected chi connectivity index (χ1v) is 19.4. The summed E-state index contributed by atoms with van der Waals surface area (Å²) in [6.45, 7) is 6.11. The Labute approximate surface area is 299 Å². The minimum absolute atomic E-state index is 0.00897. The number of carbonyl (C=O) groups excluding carboxylic acids is 1. The van der Waals surface area contributed by atoms with E-state index in [2.05, 4.69) is 19.1 Å². The number of aliphatic hydroxyl groups excluding tert-OH is 1. The number of halogens is 1. The topological polar surface area (TPSA) is 146 Å². The number of pyridine rings is 1. The fraction of sp³-hybridized carbons (Fsp3) is 0.474. The van der Waals surface area contributed by atoms with E-state index >= 15 is 0 Å². The van der Waals surface area contributed by atoms with Gasteiger partial charge in [-0.1, -0.05) is 12.1 Å². The van der Waals surface area contributed by atoms with Crippen LogP contribution in [0.1, 0.15) is 90.9 Å². The van der Waals surface area contributed by atoms with E-state index < -0.39 is 21.1 Å². The summed E-state index contributed by atoms with van der Waals surface area (Å²) in [5.74, 6) is 0.917. The molecule has 3 heterocycles. The second kappa shape index (κ2) is 15.1. The van der Waals surface area contributed by atoms with E-state index in [1.54, 1.807) is 37.6 Å². The van der Waals surface area contributed by atoms with E-state index in [1.807, 2.05) is 44.2 Å². The molecule has 13 heteroatoms. The van der Waals surface area contributed by atoms with Gasteiger partial charge in [-0.05, 0) is 95.4 Å². The van der Waals surface area contributed by atoms with Gasteiger partial charge in [0.2, 0.25) is 5.88 Å². The number of nitrogens with zero attached hydrogens (tertiary/aromatic N) is 6. The Bertz CT molecular complexity index is 2070. The molecule has 2 fully saturated rings. The van der Waals surface area contributed by atoms with Crippen molar-refractivity contribution in [3.05, 3.63) is 88.6 Å². The van der Waals surface area contributed by atoms with Crippen LogP contribution in [0.5, 0.6) is 5.88 Å². The third kappa shape index (κ3) is 8.24. The summed E-state index contributed by atoms with van der Waals surface area (Å²) >= 11 is 0. The standard InChI is InChI=1S/C38H46FN7O4S/c1-38(2,14-17-47)44-37(48)27-10-11-33-34(19-27)46(29-20-30(21-29)51(4,49)41-3)35(42-33)23-45-15-12-26(13-16-45)32-6-5-7-36(43-32)50-24-28-9-8-25(22-40)18-31(28)39/h5-11,18-19,26,29-30,47H,12-17,20-21,23-24H2,1-4H3,(H,44,48). The van der Waals surface area contributed by atoms with Crippen LogP contribution in [0.4, 0.5) is 4.39 Å². The van der Waals surface area contributed by atoms with Crippen LogP contribution < -0.4 is 10.1 Å². The number of amides is 1. The van der Waals surface area contributed by atoms with E-state index in [-0.39, 0.29) is 41.9 Å². The van der Waals surface area contributed by atoms with Crippen LogP contribution in [0.2, 0.25) is 0 Å².